The summed E-state index contributed by atoms with van der Waals surface area (Å²) in [7, 11) is 5.53. The maximum absolute atomic E-state index is 14.2. The van der Waals surface area contributed by atoms with E-state index in [0.29, 0.717) is 52.0 Å². The second-order valence-electron chi connectivity index (χ2n) is 18.1. The van der Waals surface area contributed by atoms with Crippen LogP contribution in [0.25, 0.3) is 50.0 Å². The van der Waals surface area contributed by atoms with E-state index in [1.54, 1.807) is 61.5 Å². The molecule has 1 amide bonds. The van der Waals surface area contributed by atoms with Crippen LogP contribution in [-0.4, -0.2) is 85.2 Å². The lowest BCUT2D eigenvalue weighted by atomic mass is 9.93. The Labute approximate surface area is 453 Å². The number of nitrogens with one attached hydrogen (secondary N) is 1. The van der Waals surface area contributed by atoms with Crippen molar-refractivity contribution in [3.05, 3.63) is 195 Å². The third-order valence-electron chi connectivity index (χ3n) is 13.7. The number of nitrogens with zero attached hydrogens (tertiary/aromatic N) is 2. The Morgan fingerprint density at radius 2 is 1.31 bits per heavy atom. The quantitative estimate of drug-likeness (QED) is 0.0470. The summed E-state index contributed by atoms with van der Waals surface area (Å²) in [5.41, 5.74) is 13.6. The minimum atomic E-state index is -0.959. The van der Waals surface area contributed by atoms with Gasteiger partial charge in [-0.15, -0.1) is 0 Å². The number of aliphatic hydroxyl groups is 2. The maximum atomic E-state index is 14.2. The largest absolute Gasteiger partial charge is 0.514 e. The van der Waals surface area contributed by atoms with Crippen LogP contribution in [-0.2, 0) is 40.3 Å². The van der Waals surface area contributed by atoms with Crippen LogP contribution in [0, 0.1) is 0 Å². The molecule has 0 radical (unpaired) electrons. The van der Waals surface area contributed by atoms with Crippen LogP contribution in [0.15, 0.2) is 151 Å². The number of pyridine rings is 1. The highest BCUT2D eigenvalue weighted by Crippen LogP contribution is 2.45. The molecule has 7 aromatic rings. The van der Waals surface area contributed by atoms with Gasteiger partial charge in [0.15, 0.2) is 0 Å². The van der Waals surface area contributed by atoms with Crippen LogP contribution >= 0.6 is 0 Å². The summed E-state index contributed by atoms with van der Waals surface area (Å²) < 4.78 is 32.5. The summed E-state index contributed by atoms with van der Waals surface area (Å²) >= 11 is 0. The minimum Gasteiger partial charge on any atom is -0.496 e. The average Bonchev–Trinajstić information content (AvgIpc) is 3.93. The van der Waals surface area contributed by atoms with Gasteiger partial charge >= 0.3 is 18.1 Å². The van der Waals surface area contributed by atoms with Gasteiger partial charge in [0.2, 0.25) is 0 Å². The van der Waals surface area contributed by atoms with Crippen molar-refractivity contribution >= 4 is 40.6 Å². The molecule has 0 spiro atoms. The van der Waals surface area contributed by atoms with E-state index in [0.717, 1.165) is 66.8 Å². The predicted octanol–water partition coefficient (Wildman–Crippen LogP) is 11.4. The lowest BCUT2D eigenvalue weighted by Crippen LogP contribution is -2.24. The third kappa shape index (κ3) is 11.2. The van der Waals surface area contributed by atoms with Crippen LogP contribution in [0.3, 0.4) is 0 Å². The van der Waals surface area contributed by atoms with Crippen molar-refractivity contribution in [3.8, 4) is 50.6 Å². The van der Waals surface area contributed by atoms with Gasteiger partial charge in [0.25, 0.3) is 5.91 Å². The van der Waals surface area contributed by atoms with Crippen molar-refractivity contribution < 1.29 is 57.8 Å². The number of ether oxygens (including phenoxy) is 6. The Kier molecular flexibility index (Phi) is 17.2. The molecule has 6 aromatic carbocycles. The molecule has 0 aliphatic carbocycles. The number of aromatic nitrogens is 1. The Hall–Kier alpha value is -9.05. The number of amides is 1. The molecule has 15 nitrogen and oxygen atoms in total. The molecule has 3 heterocycles. The average molecular weight is 1050 g/mol. The molecule has 78 heavy (non-hydrogen) atoms. The fourth-order valence-electron chi connectivity index (χ4n) is 9.76. The van der Waals surface area contributed by atoms with Gasteiger partial charge in [-0.25, -0.2) is 19.4 Å². The minimum absolute atomic E-state index is 0.0924. The summed E-state index contributed by atoms with van der Waals surface area (Å²) in [6.07, 6.45) is 0.754. The standard InChI is InChI=1S/C61H55N3O12.C2H6/c1-8-46-49-28-45(22-24-52(49)63-57-50(46)31-64-34(2)51(32-65)48(35(3)66)29-53(57)64)76-61(70)75-33-36-25-54(71-4)56(55(26-36)72-5)58(67)62-30-44-27-43(39-13-19-42(20-14-39)60(69)74-7)21-23-47(44)40-15-9-37(10-16-40)38-11-17-41(18-12-38)59(68)73-6;1-2/h9-29,35,65-66H,2,8,30-33H2,1,3-7H3,(H,62,67);1-2H3. The molecular formula is C63H61N3O12. The van der Waals surface area contributed by atoms with Crippen LogP contribution in [0.4, 0.5) is 4.79 Å². The maximum Gasteiger partial charge on any atom is 0.514 e. The summed E-state index contributed by atoms with van der Waals surface area (Å²) in [6, 6.07) is 36.5. The van der Waals surface area contributed by atoms with Crippen molar-refractivity contribution in [1.82, 2.24) is 15.2 Å². The number of hydrogen-bond acceptors (Lipinski definition) is 14. The number of fused-ring (bicyclic) bond motifs is 4. The number of methoxy groups -OCH3 is 4. The molecule has 0 saturated heterocycles. The molecule has 15 heteroatoms. The zero-order valence-corrected chi connectivity index (χ0v) is 44.8. The molecular weight excluding hydrogens is 991 g/mol. The summed E-state index contributed by atoms with van der Waals surface area (Å²) in [5, 5.41) is 24.5. The first-order valence-corrected chi connectivity index (χ1v) is 25.4. The molecule has 400 valence electrons. The highest BCUT2D eigenvalue weighted by molar-refractivity contribution is 6.00. The lowest BCUT2D eigenvalue weighted by molar-refractivity contribution is 0.0592. The summed E-state index contributed by atoms with van der Waals surface area (Å²) in [6.45, 7) is 12.0. The molecule has 9 rings (SSSR count). The SMILES string of the molecule is C=C1C(CO)=C(C(C)O)C=C2c3nc4ccc(OC(=O)OCc5cc(OC)c(C(=O)NCc6cc(-c7ccc(C(=O)OC)cc7)ccc6-c6ccc(-c7ccc(C(=O)OC)cc7)cc6)c(OC)c5)cc4c(CC)c3CN12.CC. The molecule has 2 aliphatic heterocycles. The van der Waals surface area contributed by atoms with E-state index in [9.17, 15) is 29.4 Å². The van der Waals surface area contributed by atoms with Crippen LogP contribution in [0.2, 0.25) is 0 Å². The Bertz CT molecular complexity index is 3480. The number of hydrogen-bond donors (Lipinski definition) is 3. The number of carbonyl (C=O) groups is 4. The van der Waals surface area contributed by atoms with E-state index >= 15 is 0 Å². The van der Waals surface area contributed by atoms with E-state index in [4.69, 9.17) is 33.4 Å². The normalized spacial score (nSPS) is 12.8. The number of aliphatic hydroxyl groups excluding tert-OH is 2. The van der Waals surface area contributed by atoms with Gasteiger partial charge in [-0.05, 0) is 136 Å². The van der Waals surface area contributed by atoms with Gasteiger partial charge in [0.1, 0.15) is 29.4 Å². The van der Waals surface area contributed by atoms with Crippen molar-refractivity contribution in [2.45, 2.75) is 59.9 Å². The van der Waals surface area contributed by atoms with E-state index in [1.165, 1.54) is 28.4 Å². The molecule has 1 atom stereocenters. The molecule has 0 bridgehead atoms. The molecule has 0 fully saturated rings. The van der Waals surface area contributed by atoms with Gasteiger partial charge in [-0.3, -0.25) is 4.79 Å². The topological polar surface area (TPSA) is 192 Å². The molecule has 1 unspecified atom stereocenters. The lowest BCUT2D eigenvalue weighted by Gasteiger charge is -2.30. The first kappa shape index (κ1) is 55.2. The van der Waals surface area contributed by atoms with Gasteiger partial charge < -0.3 is 48.9 Å². The Morgan fingerprint density at radius 3 is 1.86 bits per heavy atom. The monoisotopic (exact) mass is 1050 g/mol. The predicted molar refractivity (Wildman–Crippen MR) is 298 cm³/mol. The zero-order valence-electron chi connectivity index (χ0n) is 44.8. The van der Waals surface area contributed by atoms with Gasteiger partial charge in [-0.1, -0.05) is 88.0 Å². The summed E-state index contributed by atoms with van der Waals surface area (Å²) in [5.74, 6) is -0.725. The zero-order chi connectivity index (χ0) is 55.8. The summed E-state index contributed by atoms with van der Waals surface area (Å²) in [4.78, 5) is 58.7. The van der Waals surface area contributed by atoms with E-state index in [-0.39, 0.29) is 42.6 Å². The van der Waals surface area contributed by atoms with E-state index in [1.807, 2.05) is 98.5 Å². The van der Waals surface area contributed by atoms with E-state index in [2.05, 4.69) is 11.9 Å². The highest BCUT2D eigenvalue weighted by Gasteiger charge is 2.35. The van der Waals surface area contributed by atoms with Crippen molar-refractivity contribution in [1.29, 1.82) is 0 Å². The van der Waals surface area contributed by atoms with Gasteiger partial charge in [-0.2, -0.15) is 0 Å². The second-order valence-corrected chi connectivity index (χ2v) is 18.1. The smallest absolute Gasteiger partial charge is 0.496 e. The number of aryl methyl sites for hydroxylation is 1. The van der Waals surface area contributed by atoms with E-state index < -0.39 is 30.1 Å². The molecule has 0 saturated carbocycles. The molecule has 2 aliphatic rings. The fourth-order valence-corrected chi connectivity index (χ4v) is 9.76. The van der Waals surface area contributed by atoms with Gasteiger partial charge in [0.05, 0.1) is 75.7 Å². The van der Waals surface area contributed by atoms with Crippen molar-refractivity contribution in [2.24, 2.45) is 0 Å². The molecule has 1 aromatic heterocycles. The number of benzene rings is 6. The molecule has 3 N–H and O–H groups in total. The number of rotatable bonds is 16. The Morgan fingerprint density at radius 1 is 0.744 bits per heavy atom. The highest BCUT2D eigenvalue weighted by atomic mass is 16.7. The Balaban J connectivity index is 0.00000397. The van der Waals surface area contributed by atoms with Crippen LogP contribution in [0.5, 0.6) is 17.2 Å². The number of carbonyl (C=O) groups excluding carboxylic acids is 4. The van der Waals surface area contributed by atoms with Crippen LogP contribution < -0.4 is 19.5 Å². The van der Waals surface area contributed by atoms with Crippen LogP contribution in [0.1, 0.15) is 86.7 Å². The van der Waals surface area contributed by atoms with Crippen molar-refractivity contribution in [2.75, 3.05) is 35.0 Å². The van der Waals surface area contributed by atoms with Crippen molar-refractivity contribution in [3.63, 3.8) is 0 Å². The fraction of sp³-hybridized carbons (Fsp3) is 0.222. The van der Waals surface area contributed by atoms with Gasteiger partial charge in [0, 0.05) is 28.8 Å². The first-order valence-electron chi connectivity index (χ1n) is 25.4. The first-order chi connectivity index (χ1) is 37.8. The number of esters is 2. The second kappa shape index (κ2) is 24.3. The third-order valence-corrected chi connectivity index (χ3v) is 13.7.